The van der Waals surface area contributed by atoms with Gasteiger partial charge in [-0.3, -0.25) is 19.8 Å². The molecule has 0 saturated carbocycles. The van der Waals surface area contributed by atoms with Crippen molar-refractivity contribution in [2.75, 3.05) is 26.3 Å². The van der Waals surface area contributed by atoms with Crippen molar-refractivity contribution in [2.24, 2.45) is 11.7 Å². The third-order valence-electron chi connectivity index (χ3n) is 4.95. The highest BCUT2D eigenvalue weighted by atomic mass is 16.5. The van der Waals surface area contributed by atoms with Gasteiger partial charge in [-0.15, -0.1) is 0 Å². The van der Waals surface area contributed by atoms with E-state index in [2.05, 4.69) is 17.2 Å². The summed E-state index contributed by atoms with van der Waals surface area (Å²) >= 11 is 0. The van der Waals surface area contributed by atoms with Crippen molar-refractivity contribution in [3.63, 3.8) is 0 Å². The second-order valence-electron chi connectivity index (χ2n) is 6.73. The number of ether oxygens (including phenoxy) is 1. The number of hydrogen-bond donors (Lipinski definition) is 3. The topological polar surface area (TPSA) is 105 Å². The van der Waals surface area contributed by atoms with Crippen molar-refractivity contribution in [1.29, 1.82) is 0 Å². The molecule has 7 nitrogen and oxygen atoms in total. The standard InChI is InChI=1S/C19H25N3O4/c20-8-10-26-9-2-1-3-13-4-5-15-14(11-13)12-22(19(15)25)16-6-7-17(23)21-18(16)24/h4,11,15-16,19,25H,2,5-10,12,20H2,(H,21,23,24). The maximum Gasteiger partial charge on any atom is 0.244 e. The number of nitrogens with zero attached hydrogens (tertiary/aromatic N) is 1. The van der Waals surface area contributed by atoms with Gasteiger partial charge >= 0.3 is 0 Å². The second kappa shape index (κ2) is 8.60. The second-order valence-corrected chi connectivity index (χ2v) is 6.73. The summed E-state index contributed by atoms with van der Waals surface area (Å²) in [6.07, 6.45) is 5.44. The van der Waals surface area contributed by atoms with Crippen molar-refractivity contribution in [2.45, 2.75) is 38.0 Å². The van der Waals surface area contributed by atoms with E-state index in [1.54, 1.807) is 4.90 Å². The Labute approximate surface area is 153 Å². The lowest BCUT2D eigenvalue weighted by atomic mass is 9.90. The Morgan fingerprint density at radius 3 is 3.00 bits per heavy atom. The lowest BCUT2D eigenvalue weighted by Crippen LogP contribution is -2.54. The molecule has 3 aliphatic rings. The van der Waals surface area contributed by atoms with Crippen LogP contribution in [0.4, 0.5) is 0 Å². The van der Waals surface area contributed by atoms with Crippen molar-refractivity contribution in [3.8, 4) is 11.8 Å². The number of carbonyl (C=O) groups excluding carboxylic acids is 2. The summed E-state index contributed by atoms with van der Waals surface area (Å²) in [6.45, 7) is 2.15. The van der Waals surface area contributed by atoms with Gasteiger partial charge in [-0.25, -0.2) is 0 Å². The SMILES string of the molecule is NCCOCCC#CC1=CCC2C(=C1)CN(C1CCC(=O)NC1=O)C2O. The minimum atomic E-state index is -0.708. The van der Waals surface area contributed by atoms with E-state index in [4.69, 9.17) is 10.5 Å². The van der Waals surface area contributed by atoms with Crippen molar-refractivity contribution >= 4 is 11.8 Å². The molecule has 26 heavy (non-hydrogen) atoms. The highest BCUT2D eigenvalue weighted by Crippen LogP contribution is 2.37. The van der Waals surface area contributed by atoms with Crippen LogP contribution < -0.4 is 11.1 Å². The number of amides is 2. The molecule has 4 N–H and O–H groups in total. The van der Waals surface area contributed by atoms with Crippen molar-refractivity contribution in [3.05, 3.63) is 23.3 Å². The fraction of sp³-hybridized carbons (Fsp3) is 0.579. The predicted octanol–water partition coefficient (Wildman–Crippen LogP) is -0.333. The van der Waals surface area contributed by atoms with Crippen molar-refractivity contribution < 1.29 is 19.4 Å². The first kappa shape index (κ1) is 18.8. The normalized spacial score (nSPS) is 28.6. The van der Waals surface area contributed by atoms with Gasteiger partial charge in [0.05, 0.1) is 19.3 Å². The number of allylic oxidation sites excluding steroid dienone is 3. The fourth-order valence-corrected chi connectivity index (χ4v) is 3.64. The zero-order valence-electron chi connectivity index (χ0n) is 14.7. The van der Waals surface area contributed by atoms with Gasteiger partial charge in [-0.1, -0.05) is 17.9 Å². The van der Waals surface area contributed by atoms with E-state index in [0.717, 1.165) is 11.1 Å². The molecule has 2 heterocycles. The molecule has 0 bridgehead atoms. The molecule has 2 aliphatic heterocycles. The Kier molecular flexibility index (Phi) is 6.22. The van der Waals surface area contributed by atoms with Gasteiger partial charge in [0, 0.05) is 37.4 Å². The smallest absolute Gasteiger partial charge is 0.244 e. The number of imide groups is 1. The van der Waals surface area contributed by atoms with Crippen molar-refractivity contribution in [1.82, 2.24) is 10.2 Å². The summed E-state index contributed by atoms with van der Waals surface area (Å²) in [4.78, 5) is 25.2. The molecule has 0 aromatic rings. The molecule has 140 valence electrons. The molecule has 3 rings (SSSR count). The van der Waals surface area contributed by atoms with Crippen LogP contribution in [-0.4, -0.2) is 60.4 Å². The van der Waals surface area contributed by atoms with Gasteiger partial charge in [0.15, 0.2) is 0 Å². The minimum Gasteiger partial charge on any atom is -0.379 e. The molecule has 2 fully saturated rings. The molecule has 2 amide bonds. The van der Waals surface area contributed by atoms with E-state index in [1.807, 2.05) is 12.2 Å². The van der Waals surface area contributed by atoms with E-state index in [1.165, 1.54) is 0 Å². The maximum absolute atomic E-state index is 12.1. The third-order valence-corrected chi connectivity index (χ3v) is 4.95. The van der Waals surface area contributed by atoms with E-state index in [-0.39, 0.29) is 17.7 Å². The van der Waals surface area contributed by atoms with Crippen LogP contribution in [-0.2, 0) is 14.3 Å². The van der Waals surface area contributed by atoms with Crippen LogP contribution in [0.2, 0.25) is 0 Å². The van der Waals surface area contributed by atoms with Crippen LogP contribution in [0.1, 0.15) is 25.7 Å². The Bertz CT molecular complexity index is 689. The first-order valence-electron chi connectivity index (χ1n) is 9.05. The van der Waals surface area contributed by atoms with Crippen LogP contribution in [0.3, 0.4) is 0 Å². The Morgan fingerprint density at radius 1 is 1.38 bits per heavy atom. The van der Waals surface area contributed by atoms with E-state index >= 15 is 0 Å². The number of carbonyl (C=O) groups is 2. The molecule has 0 radical (unpaired) electrons. The first-order chi connectivity index (χ1) is 12.6. The third kappa shape index (κ3) is 4.22. The minimum absolute atomic E-state index is 0.0149. The summed E-state index contributed by atoms with van der Waals surface area (Å²) in [7, 11) is 0. The highest BCUT2D eigenvalue weighted by molar-refractivity contribution is 6.00. The van der Waals surface area contributed by atoms with Gasteiger partial charge in [0.25, 0.3) is 0 Å². The van der Waals surface area contributed by atoms with Gasteiger partial charge in [-0.05, 0) is 24.5 Å². The van der Waals surface area contributed by atoms with E-state index in [9.17, 15) is 14.7 Å². The molecule has 0 aromatic carbocycles. The number of nitrogens with one attached hydrogen (secondary N) is 1. The largest absolute Gasteiger partial charge is 0.379 e. The highest BCUT2D eigenvalue weighted by Gasteiger charge is 2.44. The van der Waals surface area contributed by atoms with Crippen LogP contribution in [0.15, 0.2) is 23.3 Å². The zero-order chi connectivity index (χ0) is 18.5. The van der Waals surface area contributed by atoms with Crippen LogP contribution >= 0.6 is 0 Å². The Hall–Kier alpha value is -1.98. The van der Waals surface area contributed by atoms with Gasteiger partial charge in [0.2, 0.25) is 11.8 Å². The quantitative estimate of drug-likeness (QED) is 0.353. The average Bonchev–Trinajstić information content (AvgIpc) is 2.94. The number of aliphatic hydroxyl groups is 1. The molecule has 0 aromatic heterocycles. The Balaban J connectivity index is 1.59. The molecular formula is C19H25N3O4. The zero-order valence-corrected chi connectivity index (χ0v) is 14.7. The molecule has 1 aliphatic carbocycles. The molecule has 3 unspecified atom stereocenters. The summed E-state index contributed by atoms with van der Waals surface area (Å²) in [5.41, 5.74) is 7.39. The number of fused-ring (bicyclic) bond motifs is 1. The monoisotopic (exact) mass is 359 g/mol. The van der Waals surface area contributed by atoms with Gasteiger partial charge < -0.3 is 15.6 Å². The molecule has 3 atom stereocenters. The van der Waals surface area contributed by atoms with E-state index in [0.29, 0.717) is 52.0 Å². The molecule has 7 heteroatoms. The van der Waals surface area contributed by atoms with Crippen LogP contribution in [0.25, 0.3) is 0 Å². The Morgan fingerprint density at radius 2 is 2.23 bits per heavy atom. The van der Waals surface area contributed by atoms with E-state index < -0.39 is 12.3 Å². The molecule has 0 spiro atoms. The summed E-state index contributed by atoms with van der Waals surface area (Å²) in [6, 6.07) is -0.455. The molecular weight excluding hydrogens is 334 g/mol. The first-order valence-corrected chi connectivity index (χ1v) is 9.05. The summed E-state index contributed by atoms with van der Waals surface area (Å²) in [5.74, 6) is 5.65. The summed E-state index contributed by atoms with van der Waals surface area (Å²) < 4.78 is 5.29. The lowest BCUT2D eigenvalue weighted by Gasteiger charge is -2.32. The molecule has 2 saturated heterocycles. The van der Waals surface area contributed by atoms with Gasteiger partial charge in [0.1, 0.15) is 6.23 Å². The maximum atomic E-state index is 12.1. The summed E-state index contributed by atoms with van der Waals surface area (Å²) in [5, 5.41) is 13.0. The number of aliphatic hydroxyl groups excluding tert-OH is 1. The van der Waals surface area contributed by atoms with Crippen LogP contribution in [0, 0.1) is 17.8 Å². The lowest BCUT2D eigenvalue weighted by molar-refractivity contribution is -0.141. The number of nitrogens with two attached hydrogens (primary N) is 1. The van der Waals surface area contributed by atoms with Crippen LogP contribution in [0.5, 0.6) is 0 Å². The number of likely N-dealkylation sites (tertiary alicyclic amines) is 1. The number of hydrogen-bond acceptors (Lipinski definition) is 6. The average molecular weight is 359 g/mol. The number of rotatable bonds is 5. The number of piperidine rings is 1. The predicted molar refractivity (Wildman–Crippen MR) is 95.4 cm³/mol. The van der Waals surface area contributed by atoms with Gasteiger partial charge in [-0.2, -0.15) is 0 Å². The fourth-order valence-electron chi connectivity index (χ4n) is 3.64.